The van der Waals surface area contributed by atoms with E-state index in [9.17, 15) is 9.18 Å². The van der Waals surface area contributed by atoms with Crippen LogP contribution in [0.5, 0.6) is 0 Å². The SMILES string of the molecule is N#Cc1cc(F)c(C=O)c(Cl)c1. The second kappa shape index (κ2) is 3.33. The third-order valence-electron chi connectivity index (χ3n) is 1.33. The van der Waals surface area contributed by atoms with E-state index in [1.807, 2.05) is 0 Å². The molecule has 0 unspecified atom stereocenters. The van der Waals surface area contributed by atoms with Crippen LogP contribution in [-0.2, 0) is 0 Å². The number of rotatable bonds is 1. The van der Waals surface area contributed by atoms with Crippen molar-refractivity contribution in [1.29, 1.82) is 5.26 Å². The molecular weight excluding hydrogens is 181 g/mol. The van der Waals surface area contributed by atoms with Crippen LogP contribution < -0.4 is 0 Å². The first-order valence-corrected chi connectivity index (χ1v) is 3.41. The van der Waals surface area contributed by atoms with Gasteiger partial charge in [0.1, 0.15) is 5.82 Å². The molecule has 2 nitrogen and oxygen atoms in total. The van der Waals surface area contributed by atoms with E-state index in [0.717, 1.165) is 6.07 Å². The lowest BCUT2D eigenvalue weighted by Gasteiger charge is -1.97. The van der Waals surface area contributed by atoms with Gasteiger partial charge < -0.3 is 0 Å². The Labute approximate surface area is 73.2 Å². The summed E-state index contributed by atoms with van der Waals surface area (Å²) in [4.78, 5) is 10.2. The maximum Gasteiger partial charge on any atom is 0.154 e. The molecule has 0 spiro atoms. The van der Waals surface area contributed by atoms with E-state index in [1.165, 1.54) is 6.07 Å². The van der Waals surface area contributed by atoms with Gasteiger partial charge in [-0.3, -0.25) is 4.79 Å². The van der Waals surface area contributed by atoms with Crippen LogP contribution in [0.3, 0.4) is 0 Å². The zero-order chi connectivity index (χ0) is 9.14. The maximum atomic E-state index is 12.8. The monoisotopic (exact) mass is 183 g/mol. The molecule has 12 heavy (non-hydrogen) atoms. The van der Waals surface area contributed by atoms with Crippen LogP contribution >= 0.6 is 11.6 Å². The molecule has 0 radical (unpaired) electrons. The Morgan fingerprint density at radius 1 is 1.58 bits per heavy atom. The summed E-state index contributed by atoms with van der Waals surface area (Å²) in [7, 11) is 0. The molecule has 0 N–H and O–H groups in total. The minimum atomic E-state index is -0.769. The van der Waals surface area contributed by atoms with Gasteiger partial charge in [0.15, 0.2) is 6.29 Å². The topological polar surface area (TPSA) is 40.9 Å². The van der Waals surface area contributed by atoms with Crippen molar-refractivity contribution in [2.24, 2.45) is 0 Å². The summed E-state index contributed by atoms with van der Waals surface area (Å²) in [5, 5.41) is 8.35. The molecule has 0 heterocycles. The number of aldehydes is 1. The number of benzene rings is 1. The van der Waals surface area contributed by atoms with Gasteiger partial charge in [0.2, 0.25) is 0 Å². The lowest BCUT2D eigenvalue weighted by molar-refractivity contribution is 0.112. The fraction of sp³-hybridized carbons (Fsp3) is 0. The number of carbonyl (C=O) groups is 1. The van der Waals surface area contributed by atoms with Crippen LogP contribution in [-0.4, -0.2) is 6.29 Å². The maximum absolute atomic E-state index is 12.8. The Bertz CT molecular complexity index is 347. The minimum Gasteiger partial charge on any atom is -0.298 e. The summed E-state index contributed by atoms with van der Waals surface area (Å²) in [6.45, 7) is 0. The van der Waals surface area contributed by atoms with Crippen molar-refractivity contribution < 1.29 is 9.18 Å². The Morgan fingerprint density at radius 2 is 2.25 bits per heavy atom. The lowest BCUT2D eigenvalue weighted by atomic mass is 10.1. The van der Waals surface area contributed by atoms with Gasteiger partial charge >= 0.3 is 0 Å². The first kappa shape index (κ1) is 8.69. The summed E-state index contributed by atoms with van der Waals surface area (Å²) >= 11 is 5.49. The van der Waals surface area contributed by atoms with Crippen molar-refractivity contribution in [2.75, 3.05) is 0 Å². The fourth-order valence-electron chi connectivity index (χ4n) is 0.761. The molecular formula is C8H3ClFNO. The van der Waals surface area contributed by atoms with E-state index in [2.05, 4.69) is 0 Å². The molecule has 1 aromatic rings. The highest BCUT2D eigenvalue weighted by molar-refractivity contribution is 6.33. The molecule has 0 atom stereocenters. The van der Waals surface area contributed by atoms with Crippen LogP contribution in [0.25, 0.3) is 0 Å². The average Bonchev–Trinajstić information content (AvgIpc) is 2.03. The third kappa shape index (κ3) is 1.44. The summed E-state index contributed by atoms with van der Waals surface area (Å²) in [6, 6.07) is 3.93. The first-order valence-electron chi connectivity index (χ1n) is 3.03. The second-order valence-corrected chi connectivity index (χ2v) is 2.49. The molecule has 60 valence electrons. The van der Waals surface area contributed by atoms with E-state index in [4.69, 9.17) is 16.9 Å². The molecule has 4 heteroatoms. The van der Waals surface area contributed by atoms with Crippen molar-refractivity contribution in [3.05, 3.63) is 34.1 Å². The molecule has 1 aromatic carbocycles. The molecule has 0 aliphatic rings. The van der Waals surface area contributed by atoms with Gasteiger partial charge in [0, 0.05) is 0 Å². The quantitative estimate of drug-likeness (QED) is 0.626. The number of hydrogen-bond donors (Lipinski definition) is 0. The fourth-order valence-corrected chi connectivity index (χ4v) is 1.01. The van der Waals surface area contributed by atoms with Crippen LogP contribution in [0.15, 0.2) is 12.1 Å². The van der Waals surface area contributed by atoms with Crippen molar-refractivity contribution in [3.8, 4) is 6.07 Å². The van der Waals surface area contributed by atoms with Gasteiger partial charge in [-0.15, -0.1) is 0 Å². The predicted molar refractivity (Wildman–Crippen MR) is 41.5 cm³/mol. The highest BCUT2D eigenvalue weighted by atomic mass is 35.5. The molecule has 0 amide bonds. The molecule has 0 fully saturated rings. The molecule has 0 saturated carbocycles. The smallest absolute Gasteiger partial charge is 0.154 e. The summed E-state index contributed by atoms with van der Waals surface area (Å²) in [5.41, 5.74) is -0.112. The van der Waals surface area contributed by atoms with E-state index in [1.54, 1.807) is 6.07 Å². The van der Waals surface area contributed by atoms with Gasteiger partial charge in [-0.25, -0.2) is 4.39 Å². The molecule has 0 saturated heterocycles. The minimum absolute atomic E-state index is 0.0402. The summed E-state index contributed by atoms with van der Waals surface area (Å²) in [6.07, 6.45) is 0.318. The summed E-state index contributed by atoms with van der Waals surface area (Å²) in [5.74, 6) is -0.769. The van der Waals surface area contributed by atoms with Gasteiger partial charge in [-0.2, -0.15) is 5.26 Å². The van der Waals surface area contributed by atoms with Crippen molar-refractivity contribution in [2.45, 2.75) is 0 Å². The summed E-state index contributed by atoms with van der Waals surface area (Å²) < 4.78 is 12.8. The van der Waals surface area contributed by atoms with Crippen LogP contribution in [0.4, 0.5) is 4.39 Å². The van der Waals surface area contributed by atoms with Gasteiger partial charge in [-0.1, -0.05) is 11.6 Å². The Kier molecular flexibility index (Phi) is 2.41. The normalized spacial score (nSPS) is 9.08. The predicted octanol–water partition coefficient (Wildman–Crippen LogP) is 2.16. The number of nitrogens with zero attached hydrogens (tertiary/aromatic N) is 1. The zero-order valence-corrected chi connectivity index (χ0v) is 6.60. The largest absolute Gasteiger partial charge is 0.298 e. The number of halogens is 2. The Morgan fingerprint density at radius 3 is 2.67 bits per heavy atom. The van der Waals surface area contributed by atoms with Crippen LogP contribution in [0.1, 0.15) is 15.9 Å². The number of hydrogen-bond acceptors (Lipinski definition) is 2. The van der Waals surface area contributed by atoms with E-state index >= 15 is 0 Å². The highest BCUT2D eigenvalue weighted by Gasteiger charge is 2.07. The highest BCUT2D eigenvalue weighted by Crippen LogP contribution is 2.19. The molecule has 0 bridgehead atoms. The third-order valence-corrected chi connectivity index (χ3v) is 1.64. The average molecular weight is 184 g/mol. The van der Waals surface area contributed by atoms with E-state index in [0.29, 0.717) is 6.29 Å². The van der Waals surface area contributed by atoms with Gasteiger partial charge in [0.25, 0.3) is 0 Å². The molecule has 0 aliphatic heterocycles. The van der Waals surface area contributed by atoms with Crippen molar-refractivity contribution in [1.82, 2.24) is 0 Å². The number of carbonyl (C=O) groups excluding carboxylic acids is 1. The first-order chi connectivity index (χ1) is 5.69. The lowest BCUT2D eigenvalue weighted by Crippen LogP contribution is -1.90. The molecule has 0 aromatic heterocycles. The van der Waals surface area contributed by atoms with Crippen molar-refractivity contribution in [3.63, 3.8) is 0 Å². The Hall–Kier alpha value is -1.40. The van der Waals surface area contributed by atoms with E-state index in [-0.39, 0.29) is 16.1 Å². The van der Waals surface area contributed by atoms with Gasteiger partial charge in [-0.05, 0) is 12.1 Å². The van der Waals surface area contributed by atoms with Crippen LogP contribution in [0, 0.1) is 17.1 Å². The van der Waals surface area contributed by atoms with Gasteiger partial charge in [0.05, 0.1) is 22.2 Å². The molecule has 0 aliphatic carbocycles. The second-order valence-electron chi connectivity index (χ2n) is 2.08. The van der Waals surface area contributed by atoms with E-state index < -0.39 is 5.82 Å². The standard InChI is InChI=1S/C8H3ClFNO/c9-7-1-5(3-11)2-8(10)6(7)4-12/h1-2,4H. The number of nitriles is 1. The zero-order valence-electron chi connectivity index (χ0n) is 5.84. The van der Waals surface area contributed by atoms with Crippen LogP contribution in [0.2, 0.25) is 5.02 Å². The molecule has 1 rings (SSSR count). The van der Waals surface area contributed by atoms with Crippen molar-refractivity contribution >= 4 is 17.9 Å². The Balaban J connectivity index is 3.39.